The Morgan fingerprint density at radius 3 is 2.31 bits per heavy atom. The van der Waals surface area contributed by atoms with Crippen LogP contribution < -0.4 is 0 Å². The molecule has 0 aliphatic carbocycles. The molecule has 0 amide bonds. The molecule has 0 heterocycles. The van der Waals surface area contributed by atoms with Crippen LogP contribution in [0.1, 0.15) is 17.3 Å². The molecule has 0 bridgehead atoms. The highest BCUT2D eigenvalue weighted by atomic mass is 79.9. The van der Waals surface area contributed by atoms with Gasteiger partial charge in [0.15, 0.2) is 15.6 Å². The minimum absolute atomic E-state index is 0.154. The Kier molecular flexibility index (Phi) is 4.20. The fourth-order valence-corrected chi connectivity index (χ4v) is 4.33. The molecule has 88 valence electrons. The standard InChI is InChI=1S/C10H11BrO3S2/c1-6(12)7-4-8(11)10(15-2)9(5-7)16(3,13)14/h4-5H,1-3H3. The topological polar surface area (TPSA) is 51.2 Å². The molecule has 0 radical (unpaired) electrons. The third kappa shape index (κ3) is 2.87. The molecule has 0 N–H and O–H groups in total. The van der Waals surface area contributed by atoms with Crippen LogP contribution in [0.2, 0.25) is 0 Å². The summed E-state index contributed by atoms with van der Waals surface area (Å²) < 4.78 is 23.8. The van der Waals surface area contributed by atoms with Crippen LogP contribution in [0.3, 0.4) is 0 Å². The lowest BCUT2D eigenvalue weighted by Gasteiger charge is -2.09. The van der Waals surface area contributed by atoms with E-state index in [0.717, 1.165) is 6.26 Å². The quantitative estimate of drug-likeness (QED) is 0.634. The highest BCUT2D eigenvalue weighted by Gasteiger charge is 2.18. The lowest BCUT2D eigenvalue weighted by Crippen LogP contribution is -2.03. The van der Waals surface area contributed by atoms with Crippen LogP contribution in [0.4, 0.5) is 0 Å². The fraction of sp³-hybridized carbons (Fsp3) is 0.300. The summed E-state index contributed by atoms with van der Waals surface area (Å²) in [5.74, 6) is -0.154. The number of sulfone groups is 1. The average molecular weight is 323 g/mol. The molecule has 0 atom stereocenters. The first kappa shape index (κ1) is 13.7. The van der Waals surface area contributed by atoms with Gasteiger partial charge in [-0.05, 0) is 41.2 Å². The van der Waals surface area contributed by atoms with Crippen molar-refractivity contribution in [3.8, 4) is 0 Å². The molecular weight excluding hydrogens is 312 g/mol. The molecule has 1 aromatic rings. The Labute approximate surface area is 108 Å². The second kappa shape index (κ2) is 4.89. The number of ketones is 1. The summed E-state index contributed by atoms with van der Waals surface area (Å²) in [5, 5.41) is 0. The van der Waals surface area contributed by atoms with E-state index in [4.69, 9.17) is 0 Å². The van der Waals surface area contributed by atoms with E-state index in [1.807, 2.05) is 0 Å². The van der Waals surface area contributed by atoms with E-state index >= 15 is 0 Å². The van der Waals surface area contributed by atoms with Gasteiger partial charge in [0, 0.05) is 21.2 Å². The first-order valence-corrected chi connectivity index (χ1v) is 8.27. The lowest BCUT2D eigenvalue weighted by atomic mass is 10.1. The zero-order valence-electron chi connectivity index (χ0n) is 9.07. The molecule has 1 aromatic carbocycles. The van der Waals surface area contributed by atoms with Crippen molar-refractivity contribution in [3.63, 3.8) is 0 Å². The highest BCUT2D eigenvalue weighted by Crippen LogP contribution is 2.33. The van der Waals surface area contributed by atoms with Crippen molar-refractivity contribution < 1.29 is 13.2 Å². The van der Waals surface area contributed by atoms with Gasteiger partial charge in [-0.15, -0.1) is 11.8 Å². The smallest absolute Gasteiger partial charge is 0.176 e. The molecule has 0 fully saturated rings. The molecule has 0 saturated carbocycles. The Morgan fingerprint density at radius 1 is 1.38 bits per heavy atom. The number of benzene rings is 1. The van der Waals surface area contributed by atoms with Gasteiger partial charge in [-0.1, -0.05) is 0 Å². The van der Waals surface area contributed by atoms with E-state index in [-0.39, 0.29) is 10.7 Å². The van der Waals surface area contributed by atoms with Crippen LogP contribution in [0.25, 0.3) is 0 Å². The largest absolute Gasteiger partial charge is 0.295 e. The van der Waals surface area contributed by atoms with Gasteiger partial charge in [0.05, 0.1) is 4.90 Å². The summed E-state index contributed by atoms with van der Waals surface area (Å²) >= 11 is 4.61. The molecular formula is C10H11BrO3S2. The van der Waals surface area contributed by atoms with Gasteiger partial charge < -0.3 is 0 Å². The molecule has 16 heavy (non-hydrogen) atoms. The summed E-state index contributed by atoms with van der Waals surface area (Å²) in [4.78, 5) is 12.1. The summed E-state index contributed by atoms with van der Waals surface area (Å²) in [6, 6.07) is 3.07. The molecule has 6 heteroatoms. The minimum atomic E-state index is -3.33. The summed E-state index contributed by atoms with van der Waals surface area (Å²) in [6.07, 6.45) is 2.93. The molecule has 3 nitrogen and oxygen atoms in total. The lowest BCUT2D eigenvalue weighted by molar-refractivity contribution is 0.101. The third-order valence-electron chi connectivity index (χ3n) is 2.02. The van der Waals surface area contributed by atoms with Crippen LogP contribution in [0.15, 0.2) is 26.4 Å². The normalized spacial score (nSPS) is 11.5. The SMILES string of the molecule is CSc1c(Br)cc(C(C)=O)cc1S(C)(=O)=O. The molecule has 0 saturated heterocycles. The van der Waals surface area contributed by atoms with Gasteiger partial charge in [-0.3, -0.25) is 4.79 Å². The Balaban J connectivity index is 3.62. The maximum Gasteiger partial charge on any atom is 0.176 e. The van der Waals surface area contributed by atoms with Gasteiger partial charge in [0.2, 0.25) is 0 Å². The summed E-state index contributed by atoms with van der Waals surface area (Å²) in [6.45, 7) is 1.41. The van der Waals surface area contributed by atoms with E-state index in [2.05, 4.69) is 15.9 Å². The van der Waals surface area contributed by atoms with Gasteiger partial charge in [0.1, 0.15) is 0 Å². The van der Waals surface area contributed by atoms with Crippen LogP contribution in [-0.2, 0) is 9.84 Å². The third-order valence-corrected chi connectivity index (χ3v) is 5.01. The number of carbonyl (C=O) groups is 1. The highest BCUT2D eigenvalue weighted by molar-refractivity contribution is 9.10. The number of carbonyl (C=O) groups excluding carboxylic acids is 1. The van der Waals surface area contributed by atoms with Gasteiger partial charge in [-0.2, -0.15) is 0 Å². The van der Waals surface area contributed by atoms with E-state index < -0.39 is 9.84 Å². The van der Waals surface area contributed by atoms with Crippen LogP contribution >= 0.6 is 27.7 Å². The van der Waals surface area contributed by atoms with E-state index in [1.54, 1.807) is 12.3 Å². The van der Waals surface area contributed by atoms with Crippen molar-refractivity contribution in [2.24, 2.45) is 0 Å². The van der Waals surface area contributed by atoms with Crippen molar-refractivity contribution in [1.82, 2.24) is 0 Å². The second-order valence-electron chi connectivity index (χ2n) is 3.32. The number of halogens is 1. The van der Waals surface area contributed by atoms with Crippen molar-refractivity contribution in [2.75, 3.05) is 12.5 Å². The average Bonchev–Trinajstić information content (AvgIpc) is 2.14. The molecule has 0 aliphatic rings. The summed E-state index contributed by atoms with van der Waals surface area (Å²) in [7, 11) is -3.33. The van der Waals surface area contributed by atoms with Crippen LogP contribution in [0.5, 0.6) is 0 Å². The predicted molar refractivity (Wildman–Crippen MR) is 69.0 cm³/mol. The van der Waals surface area contributed by atoms with Crippen LogP contribution in [-0.4, -0.2) is 26.7 Å². The molecule has 1 rings (SSSR count). The molecule has 0 aliphatic heterocycles. The minimum Gasteiger partial charge on any atom is -0.295 e. The first-order chi connectivity index (χ1) is 7.27. The van der Waals surface area contributed by atoms with Gasteiger partial charge in [0.25, 0.3) is 0 Å². The number of Topliss-reactive ketones (excluding diaryl/α,β-unsaturated/α-hetero) is 1. The van der Waals surface area contributed by atoms with E-state index in [9.17, 15) is 13.2 Å². The number of thioether (sulfide) groups is 1. The van der Waals surface area contributed by atoms with E-state index in [0.29, 0.717) is 14.9 Å². The van der Waals surface area contributed by atoms with Gasteiger partial charge >= 0.3 is 0 Å². The van der Waals surface area contributed by atoms with Crippen molar-refractivity contribution in [1.29, 1.82) is 0 Å². The molecule has 0 aromatic heterocycles. The zero-order valence-corrected chi connectivity index (χ0v) is 12.3. The number of rotatable bonds is 3. The van der Waals surface area contributed by atoms with Crippen molar-refractivity contribution in [3.05, 3.63) is 22.2 Å². The maximum atomic E-state index is 11.6. The van der Waals surface area contributed by atoms with Crippen molar-refractivity contribution in [2.45, 2.75) is 16.7 Å². The van der Waals surface area contributed by atoms with Gasteiger partial charge in [-0.25, -0.2) is 8.42 Å². The zero-order chi connectivity index (χ0) is 12.5. The van der Waals surface area contributed by atoms with E-state index in [1.165, 1.54) is 24.8 Å². The molecule has 0 unspecified atom stereocenters. The van der Waals surface area contributed by atoms with Crippen LogP contribution in [0, 0.1) is 0 Å². The first-order valence-electron chi connectivity index (χ1n) is 4.36. The summed E-state index contributed by atoms with van der Waals surface area (Å²) in [5.41, 5.74) is 0.394. The Hall–Kier alpha value is -0.330. The Bertz CT molecular complexity index is 535. The Morgan fingerprint density at radius 2 is 1.94 bits per heavy atom. The number of hydrogen-bond donors (Lipinski definition) is 0. The van der Waals surface area contributed by atoms with Crippen molar-refractivity contribution >= 4 is 43.3 Å². The monoisotopic (exact) mass is 322 g/mol. The predicted octanol–water partition coefficient (Wildman–Crippen LogP) is 2.78. The fourth-order valence-electron chi connectivity index (χ4n) is 1.24. The maximum absolute atomic E-state index is 11.6. The molecule has 0 spiro atoms. The second-order valence-corrected chi connectivity index (χ2v) is 6.97. The number of hydrogen-bond acceptors (Lipinski definition) is 4.